The van der Waals surface area contributed by atoms with Gasteiger partial charge in [-0.2, -0.15) is 5.48 Å². The molecule has 94 valence electrons. The minimum atomic E-state index is -0.528. The minimum absolute atomic E-state index is 0. The number of nitrogens with two attached hydrogens (primary N) is 1. The molecular formula is C9H23NO5. The van der Waals surface area contributed by atoms with Crippen LogP contribution in [0.1, 0.15) is 26.2 Å². The van der Waals surface area contributed by atoms with E-state index in [1.165, 1.54) is 0 Å². The third-order valence-corrected chi connectivity index (χ3v) is 2.83. The van der Waals surface area contributed by atoms with Gasteiger partial charge in [0, 0.05) is 32.2 Å². The quantitative estimate of drug-likeness (QED) is 0.314. The molecule has 6 nitrogen and oxygen atoms in total. The van der Waals surface area contributed by atoms with E-state index < -0.39 is 5.54 Å². The summed E-state index contributed by atoms with van der Waals surface area (Å²) < 4.78 is 0. The Morgan fingerprint density at radius 2 is 1.53 bits per heavy atom. The Hall–Kier alpha value is -0.240. The van der Waals surface area contributed by atoms with Crippen molar-refractivity contribution >= 4 is 0 Å². The third kappa shape index (κ3) is 5.41. The van der Waals surface area contributed by atoms with Crippen LogP contribution in [0.3, 0.4) is 0 Å². The summed E-state index contributed by atoms with van der Waals surface area (Å²) in [6.07, 6.45) is 1.48. The van der Waals surface area contributed by atoms with Crippen molar-refractivity contribution in [2.75, 3.05) is 19.8 Å². The first-order valence-electron chi connectivity index (χ1n) is 4.95. The van der Waals surface area contributed by atoms with Crippen molar-refractivity contribution in [1.29, 1.82) is 0 Å². The summed E-state index contributed by atoms with van der Waals surface area (Å²) in [5.74, 6) is -0.00495. The van der Waals surface area contributed by atoms with Gasteiger partial charge in [0.05, 0.1) is 0 Å². The molecule has 0 aromatic heterocycles. The van der Waals surface area contributed by atoms with Crippen molar-refractivity contribution in [1.82, 2.24) is 0 Å². The van der Waals surface area contributed by atoms with Gasteiger partial charge in [0.1, 0.15) is 5.54 Å². The molecule has 0 saturated carbocycles. The van der Waals surface area contributed by atoms with E-state index in [4.69, 9.17) is 20.5 Å². The van der Waals surface area contributed by atoms with E-state index in [2.05, 4.69) is 0 Å². The van der Waals surface area contributed by atoms with Gasteiger partial charge in [-0.05, 0) is 19.8 Å². The molecule has 0 heterocycles. The Morgan fingerprint density at radius 3 is 1.80 bits per heavy atom. The van der Waals surface area contributed by atoms with Gasteiger partial charge >= 0.3 is 0 Å². The number of hydrogen-bond donors (Lipinski definition) is 5. The fourth-order valence-corrected chi connectivity index (χ4v) is 1.73. The average molecular weight is 225 g/mol. The average Bonchev–Trinajstić information content (AvgIpc) is 2.18. The molecule has 0 radical (unpaired) electrons. The zero-order valence-electron chi connectivity index (χ0n) is 9.13. The van der Waals surface area contributed by atoms with E-state index in [9.17, 15) is 0 Å². The highest BCUT2D eigenvalue weighted by Crippen LogP contribution is 2.23. The van der Waals surface area contributed by atoms with E-state index in [-0.39, 0.29) is 31.2 Å². The van der Waals surface area contributed by atoms with Crippen LogP contribution in [0.25, 0.3) is 0 Å². The number of hydrogen-bond acceptors (Lipinski definition) is 5. The molecule has 0 saturated heterocycles. The van der Waals surface area contributed by atoms with Crippen LogP contribution in [-0.4, -0.2) is 51.4 Å². The van der Waals surface area contributed by atoms with Crippen molar-refractivity contribution in [3.05, 3.63) is 0 Å². The lowest BCUT2D eigenvalue weighted by molar-refractivity contribution is -0.938. The molecule has 0 bridgehead atoms. The monoisotopic (exact) mass is 225 g/mol. The molecule has 0 aromatic carbocycles. The standard InChI is InChI=1S/C9H21NO4.H2O/c1-9(10-14,4-7-13)8(2-5-11)3-6-12;/h8,10-14H,2-7H2,1H3;1H2. The molecular weight excluding hydrogens is 202 g/mol. The number of hydroxylamine groups is 1. The van der Waals surface area contributed by atoms with Crippen molar-refractivity contribution in [2.45, 2.75) is 31.7 Å². The van der Waals surface area contributed by atoms with Gasteiger partial charge in [0.2, 0.25) is 0 Å². The second-order valence-corrected chi connectivity index (χ2v) is 3.83. The van der Waals surface area contributed by atoms with Gasteiger partial charge in [0.15, 0.2) is 0 Å². The molecule has 0 spiro atoms. The van der Waals surface area contributed by atoms with Crippen molar-refractivity contribution < 1.29 is 31.5 Å². The second-order valence-electron chi connectivity index (χ2n) is 3.83. The Balaban J connectivity index is 0. The molecule has 1 unspecified atom stereocenters. The van der Waals surface area contributed by atoms with Crippen LogP contribution in [-0.2, 0) is 0 Å². The Labute approximate surface area is 89.8 Å². The normalized spacial score (nSPS) is 14.8. The van der Waals surface area contributed by atoms with Gasteiger partial charge in [-0.15, -0.1) is 0 Å². The molecule has 0 aliphatic rings. The van der Waals surface area contributed by atoms with Gasteiger partial charge in [0.25, 0.3) is 0 Å². The van der Waals surface area contributed by atoms with Crippen LogP contribution >= 0.6 is 0 Å². The summed E-state index contributed by atoms with van der Waals surface area (Å²) >= 11 is 0. The molecule has 1 atom stereocenters. The lowest BCUT2D eigenvalue weighted by atomic mass is 9.80. The molecule has 0 fully saturated rings. The fraction of sp³-hybridized carbons (Fsp3) is 1.00. The van der Waals surface area contributed by atoms with Gasteiger partial charge < -0.3 is 20.8 Å². The first-order chi connectivity index (χ1) is 6.64. The van der Waals surface area contributed by atoms with Crippen molar-refractivity contribution in [2.24, 2.45) is 5.92 Å². The molecule has 15 heavy (non-hydrogen) atoms. The maximum atomic E-state index is 9.14. The van der Waals surface area contributed by atoms with E-state index in [0.717, 1.165) is 5.48 Å². The SMILES string of the molecule is CC(CCO)([NH2+]O)C(CCO)CCO.[OH-]. The van der Waals surface area contributed by atoms with Crippen LogP contribution in [0.2, 0.25) is 0 Å². The lowest BCUT2D eigenvalue weighted by Gasteiger charge is -2.31. The summed E-state index contributed by atoms with van der Waals surface area (Å²) in [6.45, 7) is 1.86. The fourth-order valence-electron chi connectivity index (χ4n) is 1.73. The topological polar surface area (TPSA) is 128 Å². The molecule has 0 aliphatic heterocycles. The van der Waals surface area contributed by atoms with Crippen molar-refractivity contribution in [3.8, 4) is 0 Å². The largest absolute Gasteiger partial charge is 0.870 e. The van der Waals surface area contributed by atoms with Crippen LogP contribution in [0.15, 0.2) is 0 Å². The predicted molar refractivity (Wildman–Crippen MR) is 52.7 cm³/mol. The highest BCUT2D eigenvalue weighted by molar-refractivity contribution is 4.80. The van der Waals surface area contributed by atoms with Crippen LogP contribution < -0.4 is 5.48 Å². The molecule has 0 aromatic rings. The predicted octanol–water partition coefficient (Wildman–Crippen LogP) is -1.72. The minimum Gasteiger partial charge on any atom is -0.870 e. The zero-order chi connectivity index (χ0) is 11.0. The van der Waals surface area contributed by atoms with Crippen LogP contribution in [0, 0.1) is 5.92 Å². The molecule has 7 N–H and O–H groups in total. The van der Waals surface area contributed by atoms with Gasteiger partial charge in [-0.25, -0.2) is 5.21 Å². The van der Waals surface area contributed by atoms with Gasteiger partial charge in [-0.1, -0.05) is 0 Å². The maximum absolute atomic E-state index is 9.14. The summed E-state index contributed by atoms with van der Waals surface area (Å²) in [5.41, 5.74) is 0.541. The zero-order valence-corrected chi connectivity index (χ0v) is 9.13. The Bertz CT molecular complexity index is 140. The lowest BCUT2D eigenvalue weighted by Crippen LogP contribution is -2.95. The summed E-state index contributed by atoms with van der Waals surface area (Å²) in [4.78, 5) is 0. The summed E-state index contributed by atoms with van der Waals surface area (Å²) in [6, 6.07) is 0. The van der Waals surface area contributed by atoms with E-state index in [1.807, 2.05) is 6.92 Å². The molecule has 0 amide bonds. The first-order valence-corrected chi connectivity index (χ1v) is 4.95. The Kier molecular flexibility index (Phi) is 10.3. The third-order valence-electron chi connectivity index (χ3n) is 2.83. The smallest absolute Gasteiger partial charge is 0.128 e. The summed E-state index contributed by atoms with van der Waals surface area (Å²) in [5, 5.41) is 35.7. The van der Waals surface area contributed by atoms with Gasteiger partial charge in [-0.3, -0.25) is 0 Å². The van der Waals surface area contributed by atoms with Crippen LogP contribution in [0.5, 0.6) is 0 Å². The number of aliphatic hydroxyl groups excluding tert-OH is 3. The highest BCUT2D eigenvalue weighted by atomic mass is 16.5. The van der Waals surface area contributed by atoms with E-state index in [0.29, 0.717) is 19.3 Å². The molecule has 0 rings (SSSR count). The van der Waals surface area contributed by atoms with Crippen LogP contribution in [0.4, 0.5) is 0 Å². The molecule has 0 aliphatic carbocycles. The first kappa shape index (κ1) is 17.2. The maximum Gasteiger partial charge on any atom is 0.128 e. The second kappa shape index (κ2) is 9.02. The molecule has 6 heteroatoms. The highest BCUT2D eigenvalue weighted by Gasteiger charge is 2.36. The summed E-state index contributed by atoms with van der Waals surface area (Å²) in [7, 11) is 0. The number of aliphatic hydroxyl groups is 3. The number of rotatable bonds is 8. The van der Waals surface area contributed by atoms with E-state index in [1.54, 1.807) is 0 Å². The van der Waals surface area contributed by atoms with E-state index >= 15 is 0 Å². The number of quaternary nitrogens is 1. The van der Waals surface area contributed by atoms with Crippen molar-refractivity contribution in [3.63, 3.8) is 0 Å². The Morgan fingerprint density at radius 1 is 1.07 bits per heavy atom.